The maximum atomic E-state index is 12.4. The first-order valence-corrected chi connectivity index (χ1v) is 6.86. The second kappa shape index (κ2) is 5.90. The number of aromatic nitrogens is 3. The summed E-state index contributed by atoms with van der Waals surface area (Å²) in [6.45, 7) is 6.80. The zero-order valence-electron chi connectivity index (χ0n) is 12.3. The van der Waals surface area contributed by atoms with E-state index < -0.39 is 12.0 Å². The van der Waals surface area contributed by atoms with E-state index >= 15 is 0 Å². The third-order valence-electron chi connectivity index (χ3n) is 3.52. The van der Waals surface area contributed by atoms with Crippen molar-refractivity contribution in [2.24, 2.45) is 0 Å². The third-order valence-corrected chi connectivity index (χ3v) is 3.52. The molecule has 2 rings (SSSR count). The van der Waals surface area contributed by atoms with Crippen LogP contribution in [0.1, 0.15) is 37.2 Å². The van der Waals surface area contributed by atoms with Crippen molar-refractivity contribution in [1.82, 2.24) is 19.9 Å². The van der Waals surface area contributed by atoms with Crippen LogP contribution in [0.3, 0.4) is 0 Å². The number of likely N-dealkylation sites (N-methyl/N-ethyl adjacent to an activating group) is 1. The number of hydrogen-bond donors (Lipinski definition) is 1. The minimum atomic E-state index is -1.02. The highest BCUT2D eigenvalue weighted by atomic mass is 16.4. The SMILES string of the molecule is CCN(CC)C(=O)C(C)n1nnc2ccc(C(=O)O)cc21. The van der Waals surface area contributed by atoms with Crippen LogP contribution in [0.2, 0.25) is 0 Å². The van der Waals surface area contributed by atoms with Gasteiger partial charge in [0.05, 0.1) is 11.1 Å². The Morgan fingerprint density at radius 1 is 1.33 bits per heavy atom. The Hall–Kier alpha value is -2.44. The average Bonchev–Trinajstić information content (AvgIpc) is 2.90. The normalized spacial score (nSPS) is 12.3. The lowest BCUT2D eigenvalue weighted by atomic mass is 10.2. The molecule has 1 heterocycles. The molecule has 1 unspecified atom stereocenters. The number of hydrogen-bond acceptors (Lipinski definition) is 4. The summed E-state index contributed by atoms with van der Waals surface area (Å²) in [7, 11) is 0. The molecule has 0 aliphatic rings. The molecule has 112 valence electrons. The van der Waals surface area contributed by atoms with Gasteiger partial charge < -0.3 is 10.0 Å². The minimum absolute atomic E-state index is 0.0625. The largest absolute Gasteiger partial charge is 0.478 e. The van der Waals surface area contributed by atoms with Gasteiger partial charge >= 0.3 is 5.97 Å². The van der Waals surface area contributed by atoms with Crippen molar-refractivity contribution in [3.8, 4) is 0 Å². The zero-order chi connectivity index (χ0) is 15.6. The Kier molecular flexibility index (Phi) is 4.21. The molecule has 0 spiro atoms. The fourth-order valence-electron chi connectivity index (χ4n) is 2.26. The van der Waals surface area contributed by atoms with Gasteiger partial charge in [0.1, 0.15) is 11.6 Å². The lowest BCUT2D eigenvalue weighted by Crippen LogP contribution is -2.36. The smallest absolute Gasteiger partial charge is 0.335 e. The molecule has 0 bridgehead atoms. The van der Waals surface area contributed by atoms with Crippen LogP contribution >= 0.6 is 0 Å². The van der Waals surface area contributed by atoms with Crippen molar-refractivity contribution in [3.63, 3.8) is 0 Å². The van der Waals surface area contributed by atoms with Crippen molar-refractivity contribution in [2.45, 2.75) is 26.8 Å². The molecule has 1 amide bonds. The van der Waals surface area contributed by atoms with Gasteiger partial charge in [-0.25, -0.2) is 9.48 Å². The number of carboxylic acids is 1. The van der Waals surface area contributed by atoms with Crippen LogP contribution in [0.15, 0.2) is 18.2 Å². The van der Waals surface area contributed by atoms with E-state index in [1.807, 2.05) is 13.8 Å². The number of carbonyl (C=O) groups excluding carboxylic acids is 1. The topological polar surface area (TPSA) is 88.3 Å². The molecule has 0 aliphatic heterocycles. The lowest BCUT2D eigenvalue weighted by molar-refractivity contribution is -0.134. The Bertz CT molecular complexity index is 676. The highest BCUT2D eigenvalue weighted by molar-refractivity contribution is 5.92. The molecule has 0 saturated heterocycles. The molecule has 21 heavy (non-hydrogen) atoms. The van der Waals surface area contributed by atoms with Gasteiger partial charge in [-0.3, -0.25) is 4.79 Å². The highest BCUT2D eigenvalue weighted by Gasteiger charge is 2.23. The first-order chi connectivity index (χ1) is 9.99. The van der Waals surface area contributed by atoms with Crippen molar-refractivity contribution in [1.29, 1.82) is 0 Å². The Balaban J connectivity index is 2.43. The maximum Gasteiger partial charge on any atom is 0.335 e. The van der Waals surface area contributed by atoms with Crippen LogP contribution in [0, 0.1) is 0 Å². The molecular formula is C14H18N4O3. The number of rotatable bonds is 5. The molecule has 1 N–H and O–H groups in total. The summed E-state index contributed by atoms with van der Waals surface area (Å²) in [4.78, 5) is 25.2. The molecule has 0 aliphatic carbocycles. The second-order valence-electron chi connectivity index (χ2n) is 4.73. The first kappa shape index (κ1) is 15.0. The quantitative estimate of drug-likeness (QED) is 0.902. The summed E-state index contributed by atoms with van der Waals surface area (Å²) >= 11 is 0. The fraction of sp³-hybridized carbons (Fsp3) is 0.429. The number of carbonyl (C=O) groups is 2. The van der Waals surface area contributed by atoms with Crippen LogP contribution in [0.25, 0.3) is 11.0 Å². The van der Waals surface area contributed by atoms with Crippen LogP contribution in [0.5, 0.6) is 0 Å². The van der Waals surface area contributed by atoms with E-state index in [0.717, 1.165) is 0 Å². The Labute approximate surface area is 122 Å². The van der Waals surface area contributed by atoms with Crippen molar-refractivity contribution in [2.75, 3.05) is 13.1 Å². The van der Waals surface area contributed by atoms with Gasteiger partial charge in [-0.15, -0.1) is 5.10 Å². The second-order valence-corrected chi connectivity index (χ2v) is 4.73. The fourth-order valence-corrected chi connectivity index (χ4v) is 2.26. The zero-order valence-corrected chi connectivity index (χ0v) is 12.3. The molecule has 0 radical (unpaired) electrons. The van der Waals surface area contributed by atoms with E-state index in [2.05, 4.69) is 10.3 Å². The summed E-state index contributed by atoms with van der Waals surface area (Å²) in [6, 6.07) is 4.03. The summed E-state index contributed by atoms with van der Waals surface area (Å²) < 4.78 is 1.47. The van der Waals surface area contributed by atoms with Crippen molar-refractivity contribution >= 4 is 22.9 Å². The molecule has 0 fully saturated rings. The van der Waals surface area contributed by atoms with E-state index in [1.54, 1.807) is 17.9 Å². The molecule has 1 aromatic carbocycles. The Morgan fingerprint density at radius 3 is 2.57 bits per heavy atom. The van der Waals surface area contributed by atoms with Gasteiger partial charge in [-0.2, -0.15) is 0 Å². The standard InChI is InChI=1S/C14H18N4O3/c1-4-17(5-2)13(19)9(3)18-12-8-10(14(20)21)6-7-11(12)15-16-18/h6-9H,4-5H2,1-3H3,(H,20,21). The predicted octanol–water partition coefficient (Wildman–Crippen LogP) is 1.56. The van der Waals surface area contributed by atoms with E-state index in [0.29, 0.717) is 24.1 Å². The van der Waals surface area contributed by atoms with E-state index in [4.69, 9.17) is 5.11 Å². The van der Waals surface area contributed by atoms with Gasteiger partial charge in [0.15, 0.2) is 0 Å². The van der Waals surface area contributed by atoms with E-state index in [9.17, 15) is 9.59 Å². The van der Waals surface area contributed by atoms with Gasteiger partial charge in [0, 0.05) is 13.1 Å². The third kappa shape index (κ3) is 2.72. The minimum Gasteiger partial charge on any atom is -0.478 e. The van der Waals surface area contributed by atoms with Gasteiger partial charge in [-0.1, -0.05) is 5.21 Å². The van der Waals surface area contributed by atoms with Gasteiger partial charge in [-0.05, 0) is 39.0 Å². The number of aromatic carboxylic acids is 1. The van der Waals surface area contributed by atoms with Crippen LogP contribution in [-0.4, -0.2) is 50.0 Å². The van der Waals surface area contributed by atoms with Crippen molar-refractivity contribution < 1.29 is 14.7 Å². The summed E-state index contributed by atoms with van der Waals surface area (Å²) in [5.74, 6) is -1.08. The monoisotopic (exact) mass is 290 g/mol. The van der Waals surface area contributed by atoms with Crippen LogP contribution in [-0.2, 0) is 4.79 Å². The number of nitrogens with zero attached hydrogens (tertiary/aromatic N) is 4. The van der Waals surface area contributed by atoms with Gasteiger partial charge in [0.25, 0.3) is 0 Å². The molecule has 7 heteroatoms. The van der Waals surface area contributed by atoms with E-state index in [-0.39, 0.29) is 11.5 Å². The molecule has 0 saturated carbocycles. The first-order valence-electron chi connectivity index (χ1n) is 6.86. The number of amides is 1. The maximum absolute atomic E-state index is 12.4. The molecule has 1 aromatic heterocycles. The molecule has 7 nitrogen and oxygen atoms in total. The summed E-state index contributed by atoms with van der Waals surface area (Å²) in [6.07, 6.45) is 0. The number of fused-ring (bicyclic) bond motifs is 1. The van der Waals surface area contributed by atoms with Gasteiger partial charge in [0.2, 0.25) is 5.91 Å². The molecule has 1 atom stereocenters. The average molecular weight is 290 g/mol. The molecule has 2 aromatic rings. The van der Waals surface area contributed by atoms with Crippen LogP contribution < -0.4 is 0 Å². The number of carboxylic acid groups (broad SMARTS) is 1. The van der Waals surface area contributed by atoms with E-state index in [1.165, 1.54) is 16.8 Å². The van der Waals surface area contributed by atoms with Crippen LogP contribution in [0.4, 0.5) is 0 Å². The van der Waals surface area contributed by atoms with Crippen molar-refractivity contribution in [3.05, 3.63) is 23.8 Å². The Morgan fingerprint density at radius 2 is 2.00 bits per heavy atom. The summed E-state index contributed by atoms with van der Waals surface area (Å²) in [5, 5.41) is 17.0. The highest BCUT2D eigenvalue weighted by Crippen LogP contribution is 2.19. The summed E-state index contributed by atoms with van der Waals surface area (Å²) in [5.41, 5.74) is 1.26. The predicted molar refractivity (Wildman–Crippen MR) is 77.1 cm³/mol. The number of benzene rings is 1. The molecular weight excluding hydrogens is 272 g/mol. The lowest BCUT2D eigenvalue weighted by Gasteiger charge is -2.23.